The summed E-state index contributed by atoms with van der Waals surface area (Å²) < 4.78 is 21.4. The second-order valence-electron chi connectivity index (χ2n) is 3.79. The molecule has 0 amide bonds. The molecule has 0 aliphatic heterocycles. The fourth-order valence-corrected chi connectivity index (χ4v) is 1.81. The lowest BCUT2D eigenvalue weighted by atomic mass is 10.2. The van der Waals surface area contributed by atoms with Crippen molar-refractivity contribution >= 4 is 33.5 Å². The van der Waals surface area contributed by atoms with Gasteiger partial charge in [-0.05, 0) is 42.5 Å². The lowest BCUT2D eigenvalue weighted by Crippen LogP contribution is -1.89. The van der Waals surface area contributed by atoms with Gasteiger partial charge in [-0.25, -0.2) is 8.42 Å². The minimum absolute atomic E-state index is 0.237. The molecule has 0 unspecified atom stereocenters. The number of rotatable bonds is 3. The molecule has 4 N–H and O–H groups in total. The third-order valence-corrected chi connectivity index (χ3v) is 3.11. The second-order valence-corrected chi connectivity index (χ2v) is 4.82. The van der Waals surface area contributed by atoms with Crippen LogP contribution in [0.3, 0.4) is 0 Å². The first-order valence-corrected chi connectivity index (χ1v) is 6.55. The number of thiol groups is 1. The SMILES string of the molecule is Nc1ccc(/N=N/c2ccc([SH](=O)=O)cc2)c(N)c1. The van der Waals surface area contributed by atoms with Crippen molar-refractivity contribution in [3.8, 4) is 0 Å². The molecule has 98 valence electrons. The Bertz CT molecular complexity index is 685. The zero-order chi connectivity index (χ0) is 13.8. The van der Waals surface area contributed by atoms with E-state index in [-0.39, 0.29) is 4.90 Å². The second kappa shape index (κ2) is 5.49. The van der Waals surface area contributed by atoms with E-state index >= 15 is 0 Å². The number of anilines is 2. The average Bonchev–Trinajstić information content (AvgIpc) is 2.38. The van der Waals surface area contributed by atoms with Crippen molar-refractivity contribution in [3.63, 3.8) is 0 Å². The quantitative estimate of drug-likeness (QED) is 0.453. The van der Waals surface area contributed by atoms with Crippen LogP contribution in [0.2, 0.25) is 0 Å². The largest absolute Gasteiger partial charge is 0.399 e. The first kappa shape index (κ1) is 13.0. The Kier molecular flexibility index (Phi) is 3.76. The van der Waals surface area contributed by atoms with Crippen molar-refractivity contribution in [1.82, 2.24) is 0 Å². The Morgan fingerprint density at radius 3 is 2.16 bits per heavy atom. The monoisotopic (exact) mass is 276 g/mol. The van der Waals surface area contributed by atoms with Gasteiger partial charge in [-0.2, -0.15) is 5.11 Å². The van der Waals surface area contributed by atoms with Crippen LogP contribution in [0.1, 0.15) is 0 Å². The number of nitrogens with two attached hydrogens (primary N) is 2. The standard InChI is InChI=1S/C12H12N4O2S/c13-8-1-6-12(11(14)7-8)16-15-9-2-4-10(5-3-9)19(17)18/h1-7,19H,13-14H2/b16-15+. The molecular formula is C12H12N4O2S. The van der Waals surface area contributed by atoms with E-state index in [4.69, 9.17) is 11.5 Å². The molecule has 6 nitrogen and oxygen atoms in total. The Morgan fingerprint density at radius 2 is 1.58 bits per heavy atom. The smallest absolute Gasteiger partial charge is 0.168 e. The van der Waals surface area contributed by atoms with Crippen LogP contribution in [-0.2, 0) is 10.7 Å². The highest BCUT2D eigenvalue weighted by Crippen LogP contribution is 2.26. The van der Waals surface area contributed by atoms with Crippen molar-refractivity contribution in [3.05, 3.63) is 42.5 Å². The van der Waals surface area contributed by atoms with Gasteiger partial charge in [-0.3, -0.25) is 0 Å². The van der Waals surface area contributed by atoms with Crippen LogP contribution >= 0.6 is 0 Å². The van der Waals surface area contributed by atoms with Gasteiger partial charge in [-0.1, -0.05) is 0 Å². The third-order valence-electron chi connectivity index (χ3n) is 2.39. The third kappa shape index (κ3) is 3.29. The molecule has 0 aliphatic carbocycles. The Labute approximate surface area is 111 Å². The van der Waals surface area contributed by atoms with E-state index in [0.717, 1.165) is 0 Å². The predicted octanol–water partition coefficient (Wildman–Crippen LogP) is 2.24. The van der Waals surface area contributed by atoms with Crippen LogP contribution < -0.4 is 11.5 Å². The number of hydrogen-bond donors (Lipinski definition) is 3. The lowest BCUT2D eigenvalue weighted by Gasteiger charge is -2.00. The van der Waals surface area contributed by atoms with E-state index in [1.54, 1.807) is 30.3 Å². The lowest BCUT2D eigenvalue weighted by molar-refractivity contribution is 0.614. The van der Waals surface area contributed by atoms with Crippen molar-refractivity contribution in [2.75, 3.05) is 11.5 Å². The summed E-state index contributed by atoms with van der Waals surface area (Å²) in [6.45, 7) is 0. The van der Waals surface area contributed by atoms with Crippen LogP contribution in [0, 0.1) is 0 Å². The Balaban J connectivity index is 2.22. The summed E-state index contributed by atoms with van der Waals surface area (Å²) in [4.78, 5) is 0.237. The van der Waals surface area contributed by atoms with Gasteiger partial charge < -0.3 is 11.5 Å². The highest BCUT2D eigenvalue weighted by atomic mass is 32.2. The summed E-state index contributed by atoms with van der Waals surface area (Å²) >= 11 is 0. The van der Waals surface area contributed by atoms with E-state index in [0.29, 0.717) is 22.7 Å². The molecule has 0 aromatic heterocycles. The van der Waals surface area contributed by atoms with Gasteiger partial charge in [0.15, 0.2) is 10.7 Å². The van der Waals surface area contributed by atoms with Crippen LogP contribution in [0.5, 0.6) is 0 Å². The molecule has 0 bridgehead atoms. The molecule has 2 rings (SSSR count). The number of hydrogen-bond acceptors (Lipinski definition) is 6. The molecule has 0 heterocycles. The van der Waals surface area contributed by atoms with E-state index < -0.39 is 10.7 Å². The number of nitrogen functional groups attached to an aromatic ring is 2. The van der Waals surface area contributed by atoms with Gasteiger partial charge in [0.05, 0.1) is 16.3 Å². The predicted molar refractivity (Wildman–Crippen MR) is 74.5 cm³/mol. The van der Waals surface area contributed by atoms with Gasteiger partial charge in [0.1, 0.15) is 5.69 Å². The maximum atomic E-state index is 10.7. The molecule has 2 aromatic carbocycles. The van der Waals surface area contributed by atoms with Crippen molar-refractivity contribution in [2.45, 2.75) is 4.90 Å². The fourth-order valence-electron chi connectivity index (χ4n) is 1.42. The molecule has 0 radical (unpaired) electrons. The summed E-state index contributed by atoms with van der Waals surface area (Å²) in [5.74, 6) is 0. The van der Waals surface area contributed by atoms with Crippen molar-refractivity contribution < 1.29 is 8.42 Å². The first-order valence-electron chi connectivity index (χ1n) is 5.37. The fraction of sp³-hybridized carbons (Fsp3) is 0. The summed E-state index contributed by atoms with van der Waals surface area (Å²) in [5.41, 5.74) is 13.3. The van der Waals surface area contributed by atoms with E-state index in [1.165, 1.54) is 12.1 Å². The molecule has 0 aliphatic rings. The van der Waals surface area contributed by atoms with Crippen molar-refractivity contribution in [2.24, 2.45) is 10.2 Å². The van der Waals surface area contributed by atoms with Gasteiger partial charge >= 0.3 is 0 Å². The maximum absolute atomic E-state index is 10.7. The summed E-state index contributed by atoms with van der Waals surface area (Å²) in [6, 6.07) is 11.0. The maximum Gasteiger partial charge on any atom is 0.168 e. The molecule has 0 atom stereocenters. The minimum Gasteiger partial charge on any atom is -0.399 e. The average molecular weight is 276 g/mol. The number of benzene rings is 2. The van der Waals surface area contributed by atoms with Gasteiger partial charge in [0.25, 0.3) is 0 Å². The molecule has 0 fully saturated rings. The normalized spacial score (nSPS) is 11.2. The molecular weight excluding hydrogens is 264 g/mol. The van der Waals surface area contributed by atoms with E-state index in [2.05, 4.69) is 10.2 Å². The highest BCUT2D eigenvalue weighted by molar-refractivity contribution is 7.72. The summed E-state index contributed by atoms with van der Waals surface area (Å²) in [7, 11) is -2.58. The zero-order valence-electron chi connectivity index (χ0n) is 9.85. The van der Waals surface area contributed by atoms with E-state index in [1.807, 2.05) is 0 Å². The molecule has 2 aromatic rings. The minimum atomic E-state index is -2.58. The summed E-state index contributed by atoms with van der Waals surface area (Å²) in [6.07, 6.45) is 0. The molecule has 19 heavy (non-hydrogen) atoms. The molecule has 7 heteroatoms. The van der Waals surface area contributed by atoms with Crippen LogP contribution in [0.25, 0.3) is 0 Å². The summed E-state index contributed by atoms with van der Waals surface area (Å²) in [5, 5.41) is 7.96. The molecule has 0 saturated heterocycles. The van der Waals surface area contributed by atoms with Gasteiger partial charge in [0, 0.05) is 5.69 Å². The zero-order valence-corrected chi connectivity index (χ0v) is 10.7. The van der Waals surface area contributed by atoms with Crippen LogP contribution in [0.4, 0.5) is 22.7 Å². The van der Waals surface area contributed by atoms with Gasteiger partial charge in [-0.15, -0.1) is 5.11 Å². The molecule has 0 saturated carbocycles. The van der Waals surface area contributed by atoms with Crippen molar-refractivity contribution in [1.29, 1.82) is 0 Å². The highest BCUT2D eigenvalue weighted by Gasteiger charge is 1.98. The van der Waals surface area contributed by atoms with Crippen LogP contribution in [-0.4, -0.2) is 8.42 Å². The first-order chi connectivity index (χ1) is 9.06. The molecule has 0 spiro atoms. The van der Waals surface area contributed by atoms with Gasteiger partial charge in [0.2, 0.25) is 0 Å². The Hall–Kier alpha value is -2.41. The number of nitrogens with zero attached hydrogens (tertiary/aromatic N) is 2. The Morgan fingerprint density at radius 1 is 0.895 bits per heavy atom. The van der Waals surface area contributed by atoms with Crippen LogP contribution in [0.15, 0.2) is 57.6 Å². The topological polar surface area (TPSA) is 111 Å². The number of azo groups is 1. The van der Waals surface area contributed by atoms with E-state index in [9.17, 15) is 8.42 Å².